The molecule has 0 atom stereocenters. The summed E-state index contributed by atoms with van der Waals surface area (Å²) in [4.78, 5) is 11.4. The van der Waals surface area contributed by atoms with Gasteiger partial charge in [0.1, 0.15) is 5.82 Å². The number of hydrogen-bond donors (Lipinski definition) is 0. The van der Waals surface area contributed by atoms with Gasteiger partial charge in [0, 0.05) is 5.56 Å². The Balaban J connectivity index is 1.81. The predicted molar refractivity (Wildman–Crippen MR) is 99.8 cm³/mol. The van der Waals surface area contributed by atoms with Crippen LogP contribution >= 0.6 is 0 Å². The number of aldehydes is 1. The highest BCUT2D eigenvalue weighted by atomic mass is 19.1. The number of halogens is 1. The molecule has 0 spiro atoms. The molecule has 26 heavy (non-hydrogen) atoms. The lowest BCUT2D eigenvalue weighted by molar-refractivity contribution is 0.112. The lowest BCUT2D eigenvalue weighted by atomic mass is 10.0. The summed E-state index contributed by atoms with van der Waals surface area (Å²) in [6, 6.07) is 24.2. The Bertz CT molecular complexity index is 1050. The van der Waals surface area contributed by atoms with Gasteiger partial charge in [0.05, 0.1) is 23.1 Å². The van der Waals surface area contributed by atoms with Crippen molar-refractivity contribution in [2.45, 2.75) is 0 Å². The van der Waals surface area contributed by atoms with E-state index in [-0.39, 0.29) is 0 Å². The van der Waals surface area contributed by atoms with Crippen LogP contribution in [0.2, 0.25) is 0 Å². The highest BCUT2D eigenvalue weighted by Gasteiger charge is 2.17. The van der Waals surface area contributed by atoms with Gasteiger partial charge in [-0.3, -0.25) is 4.79 Å². The van der Waals surface area contributed by atoms with Crippen LogP contribution in [-0.4, -0.2) is 16.1 Å². The van der Waals surface area contributed by atoms with E-state index in [1.165, 1.54) is 12.3 Å². The van der Waals surface area contributed by atoms with E-state index in [1.807, 2.05) is 54.6 Å². The number of hydrogen-bond acceptors (Lipinski definition) is 2. The molecular formula is C22H15FN2O. The van der Waals surface area contributed by atoms with Gasteiger partial charge in [-0.05, 0) is 35.4 Å². The molecule has 0 aliphatic heterocycles. The Kier molecular flexibility index (Phi) is 4.15. The predicted octanol–water partition coefficient (Wildman–Crippen LogP) is 5.16. The molecule has 4 heteroatoms. The van der Waals surface area contributed by atoms with Gasteiger partial charge in [0.15, 0.2) is 6.29 Å². The molecule has 126 valence electrons. The van der Waals surface area contributed by atoms with Gasteiger partial charge >= 0.3 is 0 Å². The van der Waals surface area contributed by atoms with Crippen LogP contribution in [0, 0.1) is 5.82 Å². The molecule has 4 rings (SSSR count). The van der Waals surface area contributed by atoms with Crippen LogP contribution in [0.5, 0.6) is 0 Å². The van der Waals surface area contributed by atoms with Gasteiger partial charge in [-0.25, -0.2) is 9.07 Å². The van der Waals surface area contributed by atoms with E-state index in [2.05, 4.69) is 5.10 Å². The number of nitrogens with zero attached hydrogens (tertiary/aromatic N) is 2. The first-order valence-corrected chi connectivity index (χ1v) is 8.22. The van der Waals surface area contributed by atoms with Gasteiger partial charge in [0.25, 0.3) is 0 Å². The van der Waals surface area contributed by atoms with Gasteiger partial charge in [0.2, 0.25) is 0 Å². The normalized spacial score (nSPS) is 10.7. The average molecular weight is 342 g/mol. The fourth-order valence-corrected chi connectivity index (χ4v) is 2.99. The summed E-state index contributed by atoms with van der Waals surface area (Å²) in [7, 11) is 0. The topological polar surface area (TPSA) is 34.9 Å². The first kappa shape index (κ1) is 16.0. The van der Waals surface area contributed by atoms with Crippen molar-refractivity contribution in [3.63, 3.8) is 0 Å². The molecule has 1 heterocycles. The van der Waals surface area contributed by atoms with Crippen molar-refractivity contribution in [2.75, 3.05) is 0 Å². The Morgan fingerprint density at radius 2 is 1.46 bits per heavy atom. The summed E-state index contributed by atoms with van der Waals surface area (Å²) < 4.78 is 15.9. The molecule has 4 aromatic rings. The molecule has 0 saturated carbocycles. The van der Waals surface area contributed by atoms with Crippen molar-refractivity contribution >= 4 is 6.29 Å². The molecule has 0 N–H and O–H groups in total. The molecule has 3 aromatic carbocycles. The van der Waals surface area contributed by atoms with Crippen molar-refractivity contribution in [3.05, 3.63) is 96.4 Å². The quantitative estimate of drug-likeness (QED) is 0.480. The van der Waals surface area contributed by atoms with Gasteiger partial charge in [-0.15, -0.1) is 0 Å². The van der Waals surface area contributed by atoms with Crippen LogP contribution in [0.3, 0.4) is 0 Å². The van der Waals surface area contributed by atoms with Gasteiger partial charge in [-0.1, -0.05) is 54.6 Å². The first-order chi connectivity index (χ1) is 12.8. The van der Waals surface area contributed by atoms with Crippen LogP contribution in [0.15, 0.2) is 85.1 Å². The smallest absolute Gasteiger partial charge is 0.153 e. The zero-order valence-corrected chi connectivity index (χ0v) is 13.8. The van der Waals surface area contributed by atoms with Crippen LogP contribution in [0.25, 0.3) is 28.1 Å². The largest absolute Gasteiger partial charge is 0.298 e. The zero-order chi connectivity index (χ0) is 17.9. The van der Waals surface area contributed by atoms with Crippen LogP contribution in [0.4, 0.5) is 4.39 Å². The third-order valence-corrected chi connectivity index (χ3v) is 4.27. The van der Waals surface area contributed by atoms with Crippen molar-refractivity contribution < 1.29 is 9.18 Å². The fraction of sp³-hybridized carbons (Fsp3) is 0. The molecule has 0 unspecified atom stereocenters. The zero-order valence-electron chi connectivity index (χ0n) is 13.8. The number of benzene rings is 3. The summed E-state index contributed by atoms with van der Waals surface area (Å²) in [6.07, 6.45) is 2.16. The summed E-state index contributed by atoms with van der Waals surface area (Å²) in [5, 5.41) is 4.30. The maximum Gasteiger partial charge on any atom is 0.153 e. The van der Waals surface area contributed by atoms with E-state index in [0.29, 0.717) is 23.1 Å². The van der Waals surface area contributed by atoms with Crippen molar-refractivity contribution in [1.82, 2.24) is 9.78 Å². The second kappa shape index (κ2) is 6.76. The first-order valence-electron chi connectivity index (χ1n) is 8.22. The molecular weight excluding hydrogens is 327 g/mol. The second-order valence-electron chi connectivity index (χ2n) is 5.87. The van der Waals surface area contributed by atoms with E-state index < -0.39 is 5.82 Å². The van der Waals surface area contributed by atoms with E-state index in [1.54, 1.807) is 22.9 Å². The minimum Gasteiger partial charge on any atom is -0.298 e. The van der Waals surface area contributed by atoms with E-state index in [9.17, 15) is 9.18 Å². The summed E-state index contributed by atoms with van der Waals surface area (Å²) in [5.41, 5.74) is 4.09. The van der Waals surface area contributed by atoms with E-state index in [4.69, 9.17) is 0 Å². The molecule has 0 saturated heterocycles. The Morgan fingerprint density at radius 1 is 0.808 bits per heavy atom. The Hall–Kier alpha value is -3.53. The number of rotatable bonds is 4. The number of carbonyl (C=O) groups excluding carboxylic acids is 1. The summed E-state index contributed by atoms with van der Waals surface area (Å²) in [5.74, 6) is -0.391. The van der Waals surface area contributed by atoms with Crippen molar-refractivity contribution in [2.24, 2.45) is 0 Å². The average Bonchev–Trinajstić information content (AvgIpc) is 3.13. The second-order valence-corrected chi connectivity index (χ2v) is 5.87. The molecule has 0 radical (unpaired) electrons. The Morgan fingerprint density at radius 3 is 2.15 bits per heavy atom. The van der Waals surface area contributed by atoms with Crippen LogP contribution in [0.1, 0.15) is 10.4 Å². The molecule has 0 amide bonds. The lowest BCUT2D eigenvalue weighted by Crippen LogP contribution is -2.01. The maximum absolute atomic E-state index is 14.3. The molecule has 0 fully saturated rings. The summed E-state index contributed by atoms with van der Waals surface area (Å²) in [6.45, 7) is 0. The number of carbonyl (C=O) groups is 1. The molecule has 0 aliphatic rings. The van der Waals surface area contributed by atoms with Gasteiger partial charge in [-0.2, -0.15) is 5.10 Å². The van der Waals surface area contributed by atoms with Crippen molar-refractivity contribution in [1.29, 1.82) is 0 Å². The molecule has 0 bridgehead atoms. The molecule has 1 aromatic heterocycles. The highest BCUT2D eigenvalue weighted by Crippen LogP contribution is 2.29. The molecule has 3 nitrogen and oxygen atoms in total. The summed E-state index contributed by atoms with van der Waals surface area (Å²) >= 11 is 0. The minimum atomic E-state index is -0.391. The SMILES string of the molecule is O=Cc1cnn(-c2ccc(-c3ccccc3)cc2)c1-c1ccccc1F. The Labute approximate surface area is 150 Å². The highest BCUT2D eigenvalue weighted by molar-refractivity contribution is 5.86. The third kappa shape index (κ3) is 2.82. The van der Waals surface area contributed by atoms with E-state index in [0.717, 1.165) is 16.8 Å². The van der Waals surface area contributed by atoms with Crippen LogP contribution in [-0.2, 0) is 0 Å². The van der Waals surface area contributed by atoms with Crippen LogP contribution < -0.4 is 0 Å². The number of aromatic nitrogens is 2. The monoisotopic (exact) mass is 342 g/mol. The van der Waals surface area contributed by atoms with E-state index >= 15 is 0 Å². The lowest BCUT2D eigenvalue weighted by Gasteiger charge is -2.10. The maximum atomic E-state index is 14.3. The standard InChI is InChI=1S/C22H15FN2O/c23-21-9-5-4-8-20(21)22-18(15-26)14-24-25(22)19-12-10-17(11-13-19)16-6-2-1-3-7-16/h1-15H. The van der Waals surface area contributed by atoms with Gasteiger partial charge < -0.3 is 0 Å². The molecule has 0 aliphatic carbocycles. The fourth-order valence-electron chi connectivity index (χ4n) is 2.99. The third-order valence-electron chi connectivity index (χ3n) is 4.27. The minimum absolute atomic E-state index is 0.347. The van der Waals surface area contributed by atoms with Crippen molar-refractivity contribution in [3.8, 4) is 28.1 Å².